The van der Waals surface area contributed by atoms with Gasteiger partial charge in [-0.05, 0) is 44.4 Å². The Morgan fingerprint density at radius 3 is 2.22 bits per heavy atom. The summed E-state index contributed by atoms with van der Waals surface area (Å²) in [6, 6.07) is 7.05. The maximum absolute atomic E-state index is 12.4. The van der Waals surface area contributed by atoms with E-state index in [4.69, 9.17) is 14.2 Å². The van der Waals surface area contributed by atoms with Crippen molar-refractivity contribution >= 4 is 17.8 Å². The fraction of sp³-hybridized carbons (Fsp3) is 0.550. The average molecular weight is 377 g/mol. The third-order valence-electron chi connectivity index (χ3n) is 4.64. The van der Waals surface area contributed by atoms with Gasteiger partial charge in [0, 0.05) is 13.0 Å². The zero-order chi connectivity index (χ0) is 19.8. The lowest BCUT2D eigenvalue weighted by Crippen LogP contribution is -2.46. The Morgan fingerprint density at radius 1 is 1.11 bits per heavy atom. The minimum absolute atomic E-state index is 0.0629. The second-order valence-corrected chi connectivity index (χ2v) is 6.27. The highest BCUT2D eigenvalue weighted by Crippen LogP contribution is 2.28. The zero-order valence-electron chi connectivity index (χ0n) is 16.1. The van der Waals surface area contributed by atoms with Crippen molar-refractivity contribution in [1.82, 2.24) is 4.90 Å². The Labute approximate surface area is 159 Å². The number of rotatable bonds is 9. The van der Waals surface area contributed by atoms with Crippen LogP contribution in [0.1, 0.15) is 32.3 Å². The summed E-state index contributed by atoms with van der Waals surface area (Å²) >= 11 is 0. The number of benzene rings is 1. The molecule has 1 aliphatic heterocycles. The molecule has 0 aromatic heterocycles. The molecule has 27 heavy (non-hydrogen) atoms. The van der Waals surface area contributed by atoms with Crippen LogP contribution in [-0.4, -0.2) is 55.7 Å². The lowest BCUT2D eigenvalue weighted by atomic mass is 9.97. The molecular formula is C20H27NO6. The van der Waals surface area contributed by atoms with E-state index in [-0.39, 0.29) is 19.1 Å². The summed E-state index contributed by atoms with van der Waals surface area (Å²) in [4.78, 5) is 38.7. The molecule has 1 amide bonds. The molecule has 0 aliphatic carbocycles. The lowest BCUT2D eigenvalue weighted by molar-refractivity contribution is -0.164. The summed E-state index contributed by atoms with van der Waals surface area (Å²) in [5.41, 5.74) is 1.04. The molecule has 1 heterocycles. The molecule has 2 rings (SSSR count). The largest absolute Gasteiger partial charge is 0.497 e. The van der Waals surface area contributed by atoms with Crippen molar-refractivity contribution in [1.29, 1.82) is 0 Å². The molecule has 0 spiro atoms. The summed E-state index contributed by atoms with van der Waals surface area (Å²) in [5, 5.41) is 0. The molecule has 0 saturated carbocycles. The number of hydrogen-bond acceptors (Lipinski definition) is 6. The molecule has 0 radical (unpaired) electrons. The van der Waals surface area contributed by atoms with Crippen molar-refractivity contribution in [2.45, 2.75) is 39.2 Å². The highest BCUT2D eigenvalue weighted by molar-refractivity contribution is 5.97. The lowest BCUT2D eigenvalue weighted by Gasteiger charge is -2.29. The smallest absolute Gasteiger partial charge is 0.322 e. The molecule has 1 aromatic carbocycles. The summed E-state index contributed by atoms with van der Waals surface area (Å²) in [5.74, 6) is -1.67. The third-order valence-corrected chi connectivity index (χ3v) is 4.64. The zero-order valence-corrected chi connectivity index (χ0v) is 16.1. The van der Waals surface area contributed by atoms with Crippen LogP contribution in [0.5, 0.6) is 5.75 Å². The van der Waals surface area contributed by atoms with Crippen molar-refractivity contribution in [2.75, 3.05) is 26.9 Å². The monoisotopic (exact) mass is 377 g/mol. The summed E-state index contributed by atoms with van der Waals surface area (Å²) in [6.07, 6.45) is 1.36. The summed E-state index contributed by atoms with van der Waals surface area (Å²) in [7, 11) is 1.60. The molecule has 7 heteroatoms. The Bertz CT molecular complexity index is 639. The van der Waals surface area contributed by atoms with Crippen LogP contribution in [0.15, 0.2) is 24.3 Å². The van der Waals surface area contributed by atoms with E-state index >= 15 is 0 Å². The van der Waals surface area contributed by atoms with Crippen LogP contribution in [0.25, 0.3) is 0 Å². The van der Waals surface area contributed by atoms with Gasteiger partial charge in [-0.2, -0.15) is 0 Å². The van der Waals surface area contributed by atoms with Gasteiger partial charge in [0.2, 0.25) is 5.91 Å². The van der Waals surface area contributed by atoms with Crippen LogP contribution in [0.4, 0.5) is 0 Å². The second-order valence-electron chi connectivity index (χ2n) is 6.27. The molecule has 148 valence electrons. The number of amides is 1. The molecule has 0 bridgehead atoms. The van der Waals surface area contributed by atoms with Gasteiger partial charge in [-0.3, -0.25) is 14.4 Å². The summed E-state index contributed by atoms with van der Waals surface area (Å²) in [6.45, 7) is 4.12. The third kappa shape index (κ3) is 5.21. The number of likely N-dealkylation sites (tertiary alicyclic amines) is 1. The maximum atomic E-state index is 12.4. The van der Waals surface area contributed by atoms with Crippen LogP contribution in [0, 0.1) is 5.92 Å². The predicted octanol–water partition coefficient (Wildman–Crippen LogP) is 1.97. The van der Waals surface area contributed by atoms with E-state index in [1.165, 1.54) is 0 Å². The Kier molecular flexibility index (Phi) is 7.64. The molecule has 0 N–H and O–H groups in total. The van der Waals surface area contributed by atoms with Crippen LogP contribution < -0.4 is 4.74 Å². The van der Waals surface area contributed by atoms with Crippen LogP contribution in [0.3, 0.4) is 0 Å². The number of methoxy groups -OCH3 is 1. The van der Waals surface area contributed by atoms with E-state index in [1.54, 1.807) is 25.9 Å². The van der Waals surface area contributed by atoms with Gasteiger partial charge in [0.25, 0.3) is 0 Å². The van der Waals surface area contributed by atoms with Gasteiger partial charge in [0.05, 0.1) is 26.4 Å². The molecule has 1 saturated heterocycles. The predicted molar refractivity (Wildman–Crippen MR) is 98.2 cm³/mol. The van der Waals surface area contributed by atoms with Gasteiger partial charge in [0.1, 0.15) is 5.75 Å². The van der Waals surface area contributed by atoms with Gasteiger partial charge in [-0.1, -0.05) is 12.1 Å². The van der Waals surface area contributed by atoms with Crippen LogP contribution in [-0.2, 0) is 30.3 Å². The normalized spacial score (nSPS) is 16.5. The van der Waals surface area contributed by atoms with E-state index in [1.807, 2.05) is 24.3 Å². The molecule has 1 unspecified atom stereocenters. The van der Waals surface area contributed by atoms with E-state index in [9.17, 15) is 14.4 Å². The van der Waals surface area contributed by atoms with Crippen molar-refractivity contribution in [3.8, 4) is 5.75 Å². The Balaban J connectivity index is 2.12. The van der Waals surface area contributed by atoms with E-state index in [0.29, 0.717) is 25.8 Å². The first-order chi connectivity index (χ1) is 13.0. The molecular weight excluding hydrogens is 350 g/mol. The average Bonchev–Trinajstić information content (AvgIpc) is 3.01. The number of carbonyl (C=O) groups is 3. The molecule has 1 aromatic rings. The first kappa shape index (κ1) is 20.7. The molecule has 7 nitrogen and oxygen atoms in total. The van der Waals surface area contributed by atoms with Crippen molar-refractivity contribution in [3.63, 3.8) is 0 Å². The first-order valence-corrected chi connectivity index (χ1v) is 9.27. The van der Waals surface area contributed by atoms with Crippen LogP contribution in [0.2, 0.25) is 0 Å². The number of hydrogen-bond donors (Lipinski definition) is 0. The van der Waals surface area contributed by atoms with Gasteiger partial charge in [-0.15, -0.1) is 0 Å². The summed E-state index contributed by atoms with van der Waals surface area (Å²) < 4.78 is 15.3. The Hall–Kier alpha value is -2.57. The topological polar surface area (TPSA) is 82.1 Å². The molecule has 1 atom stereocenters. The highest BCUT2D eigenvalue weighted by Gasteiger charge is 2.45. The van der Waals surface area contributed by atoms with Gasteiger partial charge in [-0.25, -0.2) is 0 Å². The van der Waals surface area contributed by atoms with E-state index < -0.39 is 23.9 Å². The number of nitrogens with zero attached hydrogens (tertiary/aromatic N) is 1. The SMILES string of the molecule is CCOC(=O)C(C(=O)OCC)C1CCC(=O)N1CCc1ccc(OC)cc1. The van der Waals surface area contributed by atoms with Gasteiger partial charge >= 0.3 is 11.9 Å². The number of ether oxygens (including phenoxy) is 3. The minimum Gasteiger partial charge on any atom is -0.497 e. The van der Waals surface area contributed by atoms with E-state index in [2.05, 4.69) is 0 Å². The van der Waals surface area contributed by atoms with Crippen LogP contribution >= 0.6 is 0 Å². The van der Waals surface area contributed by atoms with Crippen molar-refractivity contribution < 1.29 is 28.6 Å². The van der Waals surface area contributed by atoms with E-state index in [0.717, 1.165) is 11.3 Å². The molecule has 1 aliphatic rings. The number of esters is 2. The fourth-order valence-electron chi connectivity index (χ4n) is 3.31. The molecule has 1 fully saturated rings. The number of carbonyl (C=O) groups excluding carboxylic acids is 3. The van der Waals surface area contributed by atoms with Gasteiger partial charge < -0.3 is 19.1 Å². The standard InChI is InChI=1S/C20H27NO6/c1-4-26-19(23)18(20(24)27-5-2)16-10-11-17(22)21(16)13-12-14-6-8-15(25-3)9-7-14/h6-9,16,18H,4-5,10-13H2,1-3H3. The highest BCUT2D eigenvalue weighted by atomic mass is 16.6. The van der Waals surface area contributed by atoms with Crippen molar-refractivity contribution in [3.05, 3.63) is 29.8 Å². The second kappa shape index (κ2) is 9.94. The fourth-order valence-corrected chi connectivity index (χ4v) is 3.31. The first-order valence-electron chi connectivity index (χ1n) is 9.27. The van der Waals surface area contributed by atoms with Crippen molar-refractivity contribution in [2.24, 2.45) is 5.92 Å². The maximum Gasteiger partial charge on any atom is 0.322 e. The quantitative estimate of drug-likeness (QED) is 0.483. The van der Waals surface area contributed by atoms with Gasteiger partial charge in [0.15, 0.2) is 5.92 Å². The minimum atomic E-state index is -1.10. The Morgan fingerprint density at radius 2 is 1.70 bits per heavy atom.